The number of hydrogen-bond acceptors (Lipinski definition) is 6. The first-order chi connectivity index (χ1) is 13.3. The minimum atomic E-state index is -1.22. The van der Waals surface area contributed by atoms with E-state index in [-0.39, 0.29) is 18.9 Å². The van der Waals surface area contributed by atoms with Crippen molar-refractivity contribution in [3.8, 4) is 0 Å². The van der Waals surface area contributed by atoms with Crippen molar-refractivity contribution in [1.82, 2.24) is 5.32 Å². The van der Waals surface area contributed by atoms with Crippen molar-refractivity contribution in [2.24, 2.45) is 22.2 Å². The lowest BCUT2D eigenvalue weighted by atomic mass is 10.1. The zero-order chi connectivity index (χ0) is 21.1. The molecule has 0 heterocycles. The van der Waals surface area contributed by atoms with E-state index in [0.717, 1.165) is 4.90 Å². The van der Waals surface area contributed by atoms with E-state index in [2.05, 4.69) is 10.3 Å². The Bertz CT molecular complexity index is 693. The Morgan fingerprint density at radius 1 is 1.18 bits per heavy atom. The molecule has 0 unspecified atom stereocenters. The molecule has 0 fully saturated rings. The quantitative estimate of drug-likeness (QED) is 0.140. The molecule has 0 bridgehead atoms. The maximum absolute atomic E-state index is 12.4. The summed E-state index contributed by atoms with van der Waals surface area (Å²) in [6, 6.07) is 5.89. The number of aliphatic carboxylic acids is 1. The number of nitrogens with two attached hydrogens (primary N) is 3. The number of nitrogens with zero attached hydrogens (tertiary/aromatic N) is 2. The fraction of sp³-hybridized carbons (Fsp3) is 0.412. The molecule has 0 aliphatic rings. The number of para-hydroxylation sites is 1. The van der Waals surface area contributed by atoms with Gasteiger partial charge in [0.2, 0.25) is 11.8 Å². The van der Waals surface area contributed by atoms with Crippen LogP contribution in [-0.2, 0) is 14.4 Å². The number of aliphatic hydroxyl groups is 1. The molecular weight excluding hydrogens is 368 g/mol. The number of anilines is 1. The Balaban J connectivity index is 2.81. The number of carbonyl (C=O) groups excluding carboxylic acids is 2. The van der Waals surface area contributed by atoms with Gasteiger partial charge >= 0.3 is 5.97 Å². The zero-order valence-corrected chi connectivity index (χ0v) is 15.3. The standard InChI is InChI=1S/C17H26N6O5/c18-12(10-24)15(26)23(11-5-2-1-3-6-11)9-14(25)22-13(16(27)28)7-4-8-21-17(19)20/h1-3,5-6,12-13,24H,4,7-10,18H2,(H,22,25)(H,27,28)(H4,19,20,21)/t12-,13+/m1/s1. The minimum Gasteiger partial charge on any atom is -0.480 e. The minimum absolute atomic E-state index is 0.104. The van der Waals surface area contributed by atoms with Crippen LogP contribution in [0.4, 0.5) is 5.69 Å². The van der Waals surface area contributed by atoms with E-state index < -0.39 is 43.0 Å². The SMILES string of the molecule is NC(N)=NCCC[C@H](NC(=O)CN(C(=O)[C@H](N)CO)c1ccccc1)C(=O)O. The molecule has 28 heavy (non-hydrogen) atoms. The molecule has 0 aliphatic heterocycles. The van der Waals surface area contributed by atoms with Crippen molar-refractivity contribution in [1.29, 1.82) is 0 Å². The van der Waals surface area contributed by atoms with Crippen LogP contribution in [0.1, 0.15) is 12.8 Å². The fourth-order valence-corrected chi connectivity index (χ4v) is 2.33. The molecule has 0 aliphatic carbocycles. The number of rotatable bonds is 11. The van der Waals surface area contributed by atoms with Crippen LogP contribution < -0.4 is 27.4 Å². The number of carbonyl (C=O) groups is 3. The predicted octanol–water partition coefficient (Wildman–Crippen LogP) is -2.04. The van der Waals surface area contributed by atoms with Gasteiger partial charge in [0.15, 0.2) is 5.96 Å². The molecule has 0 radical (unpaired) electrons. The van der Waals surface area contributed by atoms with Gasteiger partial charge in [-0.3, -0.25) is 14.6 Å². The van der Waals surface area contributed by atoms with E-state index >= 15 is 0 Å². The second-order valence-electron chi connectivity index (χ2n) is 5.96. The van der Waals surface area contributed by atoms with Gasteiger partial charge in [-0.25, -0.2) is 4.79 Å². The van der Waals surface area contributed by atoms with E-state index in [1.165, 1.54) is 0 Å². The van der Waals surface area contributed by atoms with Crippen LogP contribution in [-0.4, -0.2) is 65.7 Å². The van der Waals surface area contributed by atoms with Gasteiger partial charge in [-0.1, -0.05) is 18.2 Å². The first kappa shape index (κ1) is 22.9. The van der Waals surface area contributed by atoms with Crippen LogP contribution in [0.2, 0.25) is 0 Å². The summed E-state index contributed by atoms with van der Waals surface area (Å²) in [5.74, 6) is -2.67. The summed E-state index contributed by atoms with van der Waals surface area (Å²) in [5, 5.41) is 20.8. The smallest absolute Gasteiger partial charge is 0.326 e. The first-order valence-electron chi connectivity index (χ1n) is 8.56. The van der Waals surface area contributed by atoms with Gasteiger partial charge in [-0.15, -0.1) is 0 Å². The normalized spacial score (nSPS) is 12.5. The molecule has 0 saturated carbocycles. The summed E-state index contributed by atoms with van der Waals surface area (Å²) in [7, 11) is 0. The molecule has 0 saturated heterocycles. The van der Waals surface area contributed by atoms with Crippen LogP contribution in [0.5, 0.6) is 0 Å². The molecule has 11 nitrogen and oxygen atoms in total. The number of carboxylic acid groups (broad SMARTS) is 1. The third-order valence-electron chi connectivity index (χ3n) is 3.73. The van der Waals surface area contributed by atoms with Crippen molar-refractivity contribution in [2.45, 2.75) is 24.9 Å². The average molecular weight is 394 g/mol. The maximum atomic E-state index is 12.4. The van der Waals surface area contributed by atoms with Gasteiger partial charge in [0.1, 0.15) is 18.6 Å². The number of nitrogens with one attached hydrogen (secondary N) is 1. The summed E-state index contributed by atoms with van der Waals surface area (Å²) in [4.78, 5) is 41.0. The van der Waals surface area contributed by atoms with Gasteiger partial charge in [0.25, 0.3) is 0 Å². The number of guanidine groups is 1. The average Bonchev–Trinajstić information content (AvgIpc) is 2.67. The molecule has 2 amide bonds. The van der Waals surface area contributed by atoms with Crippen molar-refractivity contribution < 1.29 is 24.6 Å². The number of aliphatic imine (C=N–C) groups is 1. The number of carboxylic acids is 1. The summed E-state index contributed by atoms with van der Waals surface area (Å²) < 4.78 is 0. The topological polar surface area (TPSA) is 197 Å². The van der Waals surface area contributed by atoms with Crippen LogP contribution in [0.15, 0.2) is 35.3 Å². The van der Waals surface area contributed by atoms with Crippen molar-refractivity contribution in [3.05, 3.63) is 30.3 Å². The van der Waals surface area contributed by atoms with Crippen molar-refractivity contribution >= 4 is 29.4 Å². The van der Waals surface area contributed by atoms with Gasteiger partial charge < -0.3 is 37.6 Å². The van der Waals surface area contributed by atoms with Gasteiger partial charge in [0, 0.05) is 12.2 Å². The fourth-order valence-electron chi connectivity index (χ4n) is 2.33. The Morgan fingerprint density at radius 3 is 2.36 bits per heavy atom. The number of hydrogen-bond donors (Lipinski definition) is 6. The molecule has 9 N–H and O–H groups in total. The van der Waals surface area contributed by atoms with Gasteiger partial charge in [0.05, 0.1) is 6.61 Å². The van der Waals surface area contributed by atoms with Crippen LogP contribution >= 0.6 is 0 Å². The lowest BCUT2D eigenvalue weighted by molar-refractivity contribution is -0.141. The Kier molecular flexibility index (Phi) is 9.40. The largest absolute Gasteiger partial charge is 0.480 e. The molecule has 11 heteroatoms. The molecule has 1 aromatic rings. The van der Waals surface area contributed by atoms with E-state index in [9.17, 15) is 19.5 Å². The molecule has 2 atom stereocenters. The van der Waals surface area contributed by atoms with Crippen LogP contribution in [0.3, 0.4) is 0 Å². The Hall–Kier alpha value is -3.18. The predicted molar refractivity (Wildman–Crippen MR) is 103 cm³/mol. The van der Waals surface area contributed by atoms with Crippen molar-refractivity contribution in [3.63, 3.8) is 0 Å². The molecule has 1 rings (SSSR count). The Morgan fingerprint density at radius 2 is 1.82 bits per heavy atom. The highest BCUT2D eigenvalue weighted by Crippen LogP contribution is 2.14. The highest BCUT2D eigenvalue weighted by atomic mass is 16.4. The monoisotopic (exact) mass is 394 g/mol. The second-order valence-corrected chi connectivity index (χ2v) is 5.96. The lowest BCUT2D eigenvalue weighted by Crippen LogP contribution is -2.51. The number of amides is 2. The summed E-state index contributed by atoms with van der Waals surface area (Å²) in [6.07, 6.45) is 0.444. The molecular formula is C17H26N6O5. The van der Waals surface area contributed by atoms with Crippen LogP contribution in [0.25, 0.3) is 0 Å². The Labute approximate surface area is 162 Å². The first-order valence-corrected chi connectivity index (χ1v) is 8.56. The van der Waals surface area contributed by atoms with E-state index in [1.54, 1.807) is 30.3 Å². The molecule has 154 valence electrons. The second kappa shape index (κ2) is 11.5. The van der Waals surface area contributed by atoms with Crippen LogP contribution in [0, 0.1) is 0 Å². The van der Waals surface area contributed by atoms with Gasteiger partial charge in [-0.05, 0) is 25.0 Å². The zero-order valence-electron chi connectivity index (χ0n) is 15.3. The molecule has 1 aromatic carbocycles. The maximum Gasteiger partial charge on any atom is 0.326 e. The van der Waals surface area contributed by atoms with E-state index in [4.69, 9.17) is 22.3 Å². The molecule has 0 aromatic heterocycles. The third kappa shape index (κ3) is 7.60. The third-order valence-corrected chi connectivity index (χ3v) is 3.73. The number of benzene rings is 1. The van der Waals surface area contributed by atoms with Gasteiger partial charge in [-0.2, -0.15) is 0 Å². The van der Waals surface area contributed by atoms with Crippen molar-refractivity contribution in [2.75, 3.05) is 24.6 Å². The molecule has 0 spiro atoms. The van der Waals surface area contributed by atoms with E-state index in [1.807, 2.05) is 0 Å². The van der Waals surface area contributed by atoms with E-state index in [0.29, 0.717) is 12.1 Å². The highest BCUT2D eigenvalue weighted by molar-refractivity contribution is 6.01. The number of aliphatic hydroxyl groups excluding tert-OH is 1. The lowest BCUT2D eigenvalue weighted by Gasteiger charge is -2.25. The summed E-state index contributed by atoms with van der Waals surface area (Å²) in [5.41, 5.74) is 16.4. The summed E-state index contributed by atoms with van der Waals surface area (Å²) in [6.45, 7) is -0.817. The highest BCUT2D eigenvalue weighted by Gasteiger charge is 2.26. The summed E-state index contributed by atoms with van der Waals surface area (Å²) >= 11 is 0.